The molecule has 1 aromatic rings. The molecule has 0 aromatic heterocycles. The maximum Gasteiger partial charge on any atom is 0.328 e. The normalized spacial score (nSPS) is 11.9. The molecule has 0 aliphatic rings. The number of hydrogen-bond donors (Lipinski definition) is 3. The number of hydrogen-bond acceptors (Lipinski definition) is 3. The Labute approximate surface area is 113 Å². The van der Waals surface area contributed by atoms with Crippen molar-refractivity contribution in [3.05, 3.63) is 33.8 Å². The highest BCUT2D eigenvalue weighted by Crippen LogP contribution is 2.24. The molecule has 0 bridgehead atoms. The van der Waals surface area contributed by atoms with Crippen LogP contribution >= 0.6 is 23.2 Å². The van der Waals surface area contributed by atoms with Gasteiger partial charge in [0.25, 0.3) is 0 Å². The lowest BCUT2D eigenvalue weighted by Gasteiger charge is -2.12. The van der Waals surface area contributed by atoms with Crippen LogP contribution in [-0.4, -0.2) is 34.7 Å². The summed E-state index contributed by atoms with van der Waals surface area (Å²) in [5.41, 5.74) is 0.417. The molecule has 0 fully saturated rings. The number of carbonyl (C=O) groups is 2. The number of halogens is 2. The summed E-state index contributed by atoms with van der Waals surface area (Å²) in [7, 11) is 0. The molecule has 0 saturated carbocycles. The fourth-order valence-electron chi connectivity index (χ4n) is 1.29. The van der Waals surface area contributed by atoms with Crippen LogP contribution in [-0.2, 0) is 16.0 Å². The second-order valence-electron chi connectivity index (χ2n) is 3.52. The third kappa shape index (κ3) is 3.87. The average molecular weight is 292 g/mol. The number of aliphatic hydroxyl groups excluding tert-OH is 1. The number of benzene rings is 1. The predicted octanol–water partition coefficient (Wildman–Crippen LogP) is 1.10. The van der Waals surface area contributed by atoms with Gasteiger partial charge in [0.1, 0.15) is 6.04 Å². The first-order chi connectivity index (χ1) is 8.45. The minimum Gasteiger partial charge on any atom is -0.480 e. The largest absolute Gasteiger partial charge is 0.480 e. The molecule has 0 saturated heterocycles. The third-order valence-electron chi connectivity index (χ3n) is 2.21. The van der Waals surface area contributed by atoms with Gasteiger partial charge >= 0.3 is 5.97 Å². The number of carboxylic acid groups (broad SMARTS) is 1. The Morgan fingerprint density at radius 2 is 1.83 bits per heavy atom. The summed E-state index contributed by atoms with van der Waals surface area (Å²) in [4.78, 5) is 22.2. The van der Waals surface area contributed by atoms with E-state index in [1.165, 1.54) is 0 Å². The molecule has 7 heteroatoms. The van der Waals surface area contributed by atoms with Gasteiger partial charge in [-0.2, -0.15) is 0 Å². The molecule has 0 heterocycles. The summed E-state index contributed by atoms with van der Waals surface area (Å²) >= 11 is 11.8. The van der Waals surface area contributed by atoms with Crippen molar-refractivity contribution in [1.29, 1.82) is 0 Å². The first kappa shape index (κ1) is 14.8. The van der Waals surface area contributed by atoms with E-state index in [4.69, 9.17) is 33.4 Å². The lowest BCUT2D eigenvalue weighted by molar-refractivity contribution is -0.142. The molecular weight excluding hydrogens is 281 g/mol. The minimum atomic E-state index is -1.33. The maximum absolute atomic E-state index is 11.6. The van der Waals surface area contributed by atoms with Crippen LogP contribution in [0.5, 0.6) is 0 Å². The number of aliphatic carboxylic acids is 1. The molecule has 0 aliphatic carbocycles. The topological polar surface area (TPSA) is 86.6 Å². The molecule has 1 rings (SSSR count). The van der Waals surface area contributed by atoms with Gasteiger partial charge < -0.3 is 15.5 Å². The van der Waals surface area contributed by atoms with E-state index >= 15 is 0 Å². The van der Waals surface area contributed by atoms with Crippen molar-refractivity contribution in [2.24, 2.45) is 0 Å². The van der Waals surface area contributed by atoms with Crippen molar-refractivity contribution in [3.63, 3.8) is 0 Å². The highest BCUT2D eigenvalue weighted by Gasteiger charge is 2.19. The quantitative estimate of drug-likeness (QED) is 0.758. The molecule has 0 aliphatic heterocycles. The summed E-state index contributed by atoms with van der Waals surface area (Å²) in [5, 5.41) is 20.3. The summed E-state index contributed by atoms with van der Waals surface area (Å²) in [6.07, 6.45) is -0.151. The van der Waals surface area contributed by atoms with Gasteiger partial charge in [-0.05, 0) is 17.7 Å². The fraction of sp³-hybridized carbons (Fsp3) is 0.273. The highest BCUT2D eigenvalue weighted by atomic mass is 35.5. The zero-order valence-electron chi connectivity index (χ0n) is 9.19. The van der Waals surface area contributed by atoms with E-state index in [1.54, 1.807) is 18.2 Å². The van der Waals surface area contributed by atoms with Crippen LogP contribution in [0.25, 0.3) is 0 Å². The molecular formula is C11H11Cl2NO4. The summed E-state index contributed by atoms with van der Waals surface area (Å²) in [5.74, 6) is -1.89. The molecule has 1 amide bonds. The SMILES string of the molecule is O=C(Cc1c(Cl)cccc1Cl)N[C@H](CO)C(=O)O. The van der Waals surface area contributed by atoms with E-state index in [9.17, 15) is 9.59 Å². The molecule has 0 spiro atoms. The number of nitrogens with one attached hydrogen (secondary N) is 1. The van der Waals surface area contributed by atoms with Crippen molar-refractivity contribution in [3.8, 4) is 0 Å². The fourth-order valence-corrected chi connectivity index (χ4v) is 1.82. The van der Waals surface area contributed by atoms with Gasteiger partial charge in [0.05, 0.1) is 13.0 Å². The van der Waals surface area contributed by atoms with E-state index in [0.29, 0.717) is 15.6 Å². The Bertz CT molecular complexity index is 444. The number of carbonyl (C=O) groups excluding carboxylic acids is 1. The zero-order valence-corrected chi connectivity index (χ0v) is 10.7. The molecule has 18 heavy (non-hydrogen) atoms. The first-order valence-corrected chi connectivity index (χ1v) is 5.77. The third-order valence-corrected chi connectivity index (χ3v) is 2.92. The van der Waals surface area contributed by atoms with E-state index in [2.05, 4.69) is 5.32 Å². The van der Waals surface area contributed by atoms with Crippen molar-refractivity contribution in [1.82, 2.24) is 5.32 Å². The Balaban J connectivity index is 2.73. The van der Waals surface area contributed by atoms with Crippen LogP contribution in [0.2, 0.25) is 10.0 Å². The Kier molecular flexibility index (Phi) is 5.40. The van der Waals surface area contributed by atoms with Gasteiger partial charge in [0.15, 0.2) is 0 Å². The smallest absolute Gasteiger partial charge is 0.328 e. The molecule has 3 N–H and O–H groups in total. The van der Waals surface area contributed by atoms with Crippen LogP contribution in [0.15, 0.2) is 18.2 Å². The second-order valence-corrected chi connectivity index (χ2v) is 4.33. The molecule has 5 nitrogen and oxygen atoms in total. The predicted molar refractivity (Wildman–Crippen MR) is 66.8 cm³/mol. The Morgan fingerprint density at radius 1 is 1.28 bits per heavy atom. The van der Waals surface area contributed by atoms with Crippen LogP contribution in [0.4, 0.5) is 0 Å². The van der Waals surface area contributed by atoms with E-state index in [1.807, 2.05) is 0 Å². The summed E-state index contributed by atoms with van der Waals surface area (Å²) in [6.45, 7) is -0.683. The van der Waals surface area contributed by atoms with Crippen molar-refractivity contribution in [2.45, 2.75) is 12.5 Å². The number of aliphatic hydroxyl groups is 1. The van der Waals surface area contributed by atoms with Gasteiger partial charge in [0.2, 0.25) is 5.91 Å². The van der Waals surface area contributed by atoms with E-state index in [0.717, 1.165) is 0 Å². The first-order valence-electron chi connectivity index (χ1n) is 5.01. The lowest BCUT2D eigenvalue weighted by atomic mass is 10.1. The summed E-state index contributed by atoms with van der Waals surface area (Å²) in [6, 6.07) is 3.46. The van der Waals surface area contributed by atoms with Crippen LogP contribution < -0.4 is 5.32 Å². The molecule has 0 unspecified atom stereocenters. The molecule has 98 valence electrons. The van der Waals surface area contributed by atoms with Gasteiger partial charge in [0, 0.05) is 10.0 Å². The summed E-state index contributed by atoms with van der Waals surface area (Å²) < 4.78 is 0. The molecule has 1 atom stereocenters. The van der Waals surface area contributed by atoms with Gasteiger partial charge in [-0.25, -0.2) is 4.79 Å². The Hall–Kier alpha value is -1.30. The molecule has 0 radical (unpaired) electrons. The van der Waals surface area contributed by atoms with Crippen molar-refractivity contribution >= 4 is 35.1 Å². The number of amides is 1. The van der Waals surface area contributed by atoms with Gasteiger partial charge in [-0.1, -0.05) is 29.3 Å². The van der Waals surface area contributed by atoms with Crippen molar-refractivity contribution < 1.29 is 19.8 Å². The Morgan fingerprint density at radius 3 is 2.28 bits per heavy atom. The number of carboxylic acids is 1. The maximum atomic E-state index is 11.6. The highest BCUT2D eigenvalue weighted by molar-refractivity contribution is 6.36. The second kappa shape index (κ2) is 6.58. The standard InChI is InChI=1S/C11H11Cl2NO4/c12-7-2-1-3-8(13)6(7)4-10(16)14-9(5-15)11(17)18/h1-3,9,15H,4-5H2,(H,14,16)(H,17,18)/t9-/m1/s1. The molecule has 1 aromatic carbocycles. The van der Waals surface area contributed by atoms with Crippen molar-refractivity contribution in [2.75, 3.05) is 6.61 Å². The van der Waals surface area contributed by atoms with Crippen LogP contribution in [0.1, 0.15) is 5.56 Å². The lowest BCUT2D eigenvalue weighted by Crippen LogP contribution is -2.44. The van der Waals surface area contributed by atoms with Gasteiger partial charge in [-0.15, -0.1) is 0 Å². The average Bonchev–Trinajstić information content (AvgIpc) is 2.30. The van der Waals surface area contributed by atoms with E-state index in [-0.39, 0.29) is 6.42 Å². The minimum absolute atomic E-state index is 0.151. The van der Waals surface area contributed by atoms with Crippen LogP contribution in [0.3, 0.4) is 0 Å². The number of rotatable bonds is 5. The van der Waals surface area contributed by atoms with Gasteiger partial charge in [-0.3, -0.25) is 4.79 Å². The zero-order chi connectivity index (χ0) is 13.7. The van der Waals surface area contributed by atoms with E-state index < -0.39 is 24.5 Å². The van der Waals surface area contributed by atoms with Crippen LogP contribution in [0, 0.1) is 0 Å². The monoisotopic (exact) mass is 291 g/mol.